The highest BCUT2D eigenvalue weighted by molar-refractivity contribution is 5.94. The maximum absolute atomic E-state index is 12.3. The maximum Gasteiger partial charge on any atom is 0.254 e. The van der Waals surface area contributed by atoms with E-state index in [0.717, 1.165) is 16.3 Å². The van der Waals surface area contributed by atoms with Crippen molar-refractivity contribution in [2.45, 2.75) is 19.0 Å². The first-order valence-electron chi connectivity index (χ1n) is 8.28. The monoisotopic (exact) mass is 334 g/mol. The molecule has 1 atom stereocenters. The lowest BCUT2D eigenvalue weighted by atomic mass is 10.0. The molecule has 0 spiro atoms. The van der Waals surface area contributed by atoms with Gasteiger partial charge >= 0.3 is 0 Å². The lowest BCUT2D eigenvalue weighted by molar-refractivity contribution is -0.128. The zero-order valence-electron chi connectivity index (χ0n) is 13.6. The van der Waals surface area contributed by atoms with Crippen LogP contribution in [0, 0.1) is 0 Å². The van der Waals surface area contributed by atoms with E-state index in [1.807, 2.05) is 29.2 Å². The van der Waals surface area contributed by atoms with Crippen molar-refractivity contribution in [3.8, 4) is 0 Å². The topological polar surface area (TPSA) is 62.6 Å². The lowest BCUT2D eigenvalue weighted by Crippen LogP contribution is -2.36. The summed E-state index contributed by atoms with van der Waals surface area (Å²) < 4.78 is 4.92. The summed E-state index contributed by atoms with van der Waals surface area (Å²) in [6.45, 7) is 1.07. The predicted molar refractivity (Wildman–Crippen MR) is 93.9 cm³/mol. The molecule has 1 aliphatic rings. The predicted octanol–water partition coefficient (Wildman–Crippen LogP) is 2.96. The van der Waals surface area contributed by atoms with Crippen LogP contribution in [0.1, 0.15) is 22.3 Å². The van der Waals surface area contributed by atoms with E-state index in [1.54, 1.807) is 6.07 Å². The van der Waals surface area contributed by atoms with Gasteiger partial charge in [0.2, 0.25) is 5.91 Å². The number of rotatable bonds is 4. The molecule has 5 nitrogen and oxygen atoms in total. The van der Waals surface area contributed by atoms with Gasteiger partial charge in [-0.3, -0.25) is 9.59 Å². The summed E-state index contributed by atoms with van der Waals surface area (Å²) in [5, 5.41) is 5.22. The second kappa shape index (κ2) is 6.43. The quantitative estimate of drug-likeness (QED) is 0.798. The number of nitrogens with zero attached hydrogens (tertiary/aromatic N) is 1. The van der Waals surface area contributed by atoms with Crippen LogP contribution in [0.4, 0.5) is 0 Å². The summed E-state index contributed by atoms with van der Waals surface area (Å²) >= 11 is 0. The van der Waals surface area contributed by atoms with E-state index in [-0.39, 0.29) is 17.9 Å². The Kier molecular flexibility index (Phi) is 3.98. The second-order valence-corrected chi connectivity index (χ2v) is 6.30. The molecule has 0 saturated carbocycles. The van der Waals surface area contributed by atoms with Crippen LogP contribution in [0.15, 0.2) is 65.5 Å². The zero-order chi connectivity index (χ0) is 17.2. The molecule has 0 radical (unpaired) electrons. The Morgan fingerprint density at radius 3 is 2.84 bits per heavy atom. The van der Waals surface area contributed by atoms with Crippen molar-refractivity contribution in [3.05, 3.63) is 72.2 Å². The van der Waals surface area contributed by atoms with Gasteiger partial charge in [-0.15, -0.1) is 0 Å². The minimum atomic E-state index is -0.210. The van der Waals surface area contributed by atoms with Crippen molar-refractivity contribution in [3.63, 3.8) is 0 Å². The van der Waals surface area contributed by atoms with Gasteiger partial charge in [0.05, 0.1) is 17.9 Å². The zero-order valence-corrected chi connectivity index (χ0v) is 13.6. The molecule has 1 aromatic heterocycles. The number of amides is 2. The summed E-state index contributed by atoms with van der Waals surface area (Å²) in [7, 11) is 0. The summed E-state index contributed by atoms with van der Waals surface area (Å²) in [4.78, 5) is 26.3. The third-order valence-electron chi connectivity index (χ3n) is 4.57. The molecule has 1 N–H and O–H groups in total. The van der Waals surface area contributed by atoms with Gasteiger partial charge in [0, 0.05) is 19.5 Å². The minimum absolute atomic E-state index is 0.0606. The maximum atomic E-state index is 12.3. The first-order valence-corrected chi connectivity index (χ1v) is 8.28. The van der Waals surface area contributed by atoms with Gasteiger partial charge in [0.25, 0.3) is 5.91 Å². The number of carbonyl (C=O) groups excluding carboxylic acids is 2. The minimum Gasteiger partial charge on any atom is -0.472 e. The van der Waals surface area contributed by atoms with E-state index in [0.29, 0.717) is 25.1 Å². The van der Waals surface area contributed by atoms with Crippen LogP contribution < -0.4 is 5.32 Å². The molecule has 1 fully saturated rings. The first kappa shape index (κ1) is 15.4. The third kappa shape index (κ3) is 3.13. The highest BCUT2D eigenvalue weighted by Gasteiger charge is 2.31. The number of likely N-dealkylation sites (tertiary alicyclic amines) is 1. The Balaban J connectivity index is 1.46. The van der Waals surface area contributed by atoms with E-state index >= 15 is 0 Å². The van der Waals surface area contributed by atoms with E-state index in [2.05, 4.69) is 23.5 Å². The normalized spacial score (nSPS) is 17.2. The fourth-order valence-corrected chi connectivity index (χ4v) is 3.32. The molecule has 4 rings (SSSR count). The van der Waals surface area contributed by atoms with Crippen molar-refractivity contribution in [1.29, 1.82) is 0 Å². The first-order chi connectivity index (χ1) is 12.2. The fraction of sp³-hybridized carbons (Fsp3) is 0.200. The number of fused-ring (bicyclic) bond motifs is 1. The van der Waals surface area contributed by atoms with Crippen molar-refractivity contribution in [2.24, 2.45) is 0 Å². The van der Waals surface area contributed by atoms with Crippen LogP contribution >= 0.6 is 0 Å². The smallest absolute Gasteiger partial charge is 0.254 e. The average Bonchev–Trinajstić information content (AvgIpc) is 3.26. The largest absolute Gasteiger partial charge is 0.472 e. The molecule has 1 unspecified atom stereocenters. The summed E-state index contributed by atoms with van der Waals surface area (Å²) in [6.07, 6.45) is 3.19. The van der Waals surface area contributed by atoms with Gasteiger partial charge in [0.15, 0.2) is 0 Å². The Morgan fingerprint density at radius 1 is 1.16 bits per heavy atom. The van der Waals surface area contributed by atoms with Crippen LogP contribution in [0.25, 0.3) is 10.8 Å². The van der Waals surface area contributed by atoms with Crippen molar-refractivity contribution >= 4 is 22.6 Å². The number of benzene rings is 2. The Labute approximate surface area is 145 Å². The van der Waals surface area contributed by atoms with E-state index < -0.39 is 0 Å². The van der Waals surface area contributed by atoms with Gasteiger partial charge in [0.1, 0.15) is 6.26 Å². The standard InChI is InChI=1S/C20H18N2O3/c23-19-10-17(21-20(24)16-8-9-25-13-16)12-22(19)11-15-6-3-5-14-4-1-2-7-18(14)15/h1-9,13,17H,10-12H2,(H,21,24). The molecule has 126 valence electrons. The molecule has 3 aromatic rings. The lowest BCUT2D eigenvalue weighted by Gasteiger charge is -2.18. The summed E-state index contributed by atoms with van der Waals surface area (Å²) in [6, 6.07) is 15.7. The molecule has 25 heavy (non-hydrogen) atoms. The van der Waals surface area contributed by atoms with Gasteiger partial charge in [-0.05, 0) is 22.4 Å². The fourth-order valence-electron chi connectivity index (χ4n) is 3.32. The number of furan rings is 1. The summed E-state index contributed by atoms with van der Waals surface area (Å²) in [5.41, 5.74) is 1.59. The molecule has 2 heterocycles. The van der Waals surface area contributed by atoms with Crippen LogP contribution in [0.5, 0.6) is 0 Å². The van der Waals surface area contributed by atoms with Crippen LogP contribution in [-0.2, 0) is 11.3 Å². The molecule has 1 aliphatic heterocycles. The van der Waals surface area contributed by atoms with Gasteiger partial charge < -0.3 is 14.6 Å². The Hall–Kier alpha value is -3.08. The van der Waals surface area contributed by atoms with Gasteiger partial charge in [-0.1, -0.05) is 42.5 Å². The molecule has 2 amide bonds. The molecule has 0 aliphatic carbocycles. The van der Waals surface area contributed by atoms with Crippen molar-refractivity contribution < 1.29 is 14.0 Å². The van der Waals surface area contributed by atoms with E-state index in [4.69, 9.17) is 4.42 Å². The molecular formula is C20H18N2O3. The van der Waals surface area contributed by atoms with Gasteiger partial charge in [-0.25, -0.2) is 0 Å². The highest BCUT2D eigenvalue weighted by Crippen LogP contribution is 2.22. The van der Waals surface area contributed by atoms with Crippen molar-refractivity contribution in [2.75, 3.05) is 6.54 Å². The van der Waals surface area contributed by atoms with Crippen LogP contribution in [0.2, 0.25) is 0 Å². The second-order valence-electron chi connectivity index (χ2n) is 6.30. The average molecular weight is 334 g/mol. The Morgan fingerprint density at radius 2 is 2.00 bits per heavy atom. The third-order valence-corrected chi connectivity index (χ3v) is 4.57. The molecule has 0 bridgehead atoms. The van der Waals surface area contributed by atoms with E-state index in [9.17, 15) is 9.59 Å². The molecular weight excluding hydrogens is 316 g/mol. The van der Waals surface area contributed by atoms with Gasteiger partial charge in [-0.2, -0.15) is 0 Å². The number of hydrogen-bond acceptors (Lipinski definition) is 3. The van der Waals surface area contributed by atoms with Crippen molar-refractivity contribution in [1.82, 2.24) is 10.2 Å². The number of carbonyl (C=O) groups is 2. The highest BCUT2D eigenvalue weighted by atomic mass is 16.3. The molecule has 1 saturated heterocycles. The SMILES string of the molecule is O=C(NC1CC(=O)N(Cc2cccc3ccccc23)C1)c1ccoc1. The molecule has 5 heteroatoms. The van der Waals surface area contributed by atoms with Crippen LogP contribution in [0.3, 0.4) is 0 Å². The number of nitrogens with one attached hydrogen (secondary N) is 1. The Bertz CT molecular complexity index is 912. The van der Waals surface area contributed by atoms with Crippen LogP contribution in [-0.4, -0.2) is 29.3 Å². The summed E-state index contributed by atoms with van der Waals surface area (Å²) in [5.74, 6) is -0.149. The number of hydrogen-bond donors (Lipinski definition) is 1. The molecule has 2 aromatic carbocycles. The van der Waals surface area contributed by atoms with E-state index in [1.165, 1.54) is 12.5 Å².